The zero-order valence-electron chi connectivity index (χ0n) is 19.7. The Hall–Kier alpha value is -3.86. The molecule has 0 fully saturated rings. The summed E-state index contributed by atoms with van der Waals surface area (Å²) in [5.41, 5.74) is 6.91. The van der Waals surface area contributed by atoms with Crippen molar-refractivity contribution in [1.29, 1.82) is 0 Å². The number of rotatable bonds is 6. The van der Waals surface area contributed by atoms with Crippen molar-refractivity contribution >= 4 is 28.8 Å². The predicted octanol–water partition coefficient (Wildman–Crippen LogP) is 5.72. The molecule has 1 aliphatic heterocycles. The summed E-state index contributed by atoms with van der Waals surface area (Å²) in [5.74, 6) is 0.00180. The molecule has 1 aliphatic rings. The Morgan fingerprint density at radius 3 is 2.21 bits per heavy atom. The number of anilines is 2. The third-order valence-electron chi connectivity index (χ3n) is 6.15. The molecular formula is C28H28N2O3. The Morgan fingerprint density at radius 1 is 0.818 bits per heavy atom. The van der Waals surface area contributed by atoms with Crippen LogP contribution in [0.4, 0.5) is 11.4 Å². The SMILES string of the molecule is CCOc1ccc(C2=C(Nc3cccc(C)c3C)C(=O)N(c3ccc(C)c(C)c3)C2=O)cc1. The van der Waals surface area contributed by atoms with Crippen LogP contribution in [0.1, 0.15) is 34.7 Å². The lowest BCUT2D eigenvalue weighted by Gasteiger charge is -2.17. The number of benzene rings is 3. The molecule has 4 rings (SSSR count). The van der Waals surface area contributed by atoms with Gasteiger partial charge in [-0.1, -0.05) is 30.3 Å². The van der Waals surface area contributed by atoms with Gasteiger partial charge in [-0.05, 0) is 92.8 Å². The highest BCUT2D eigenvalue weighted by atomic mass is 16.5. The van der Waals surface area contributed by atoms with E-state index in [1.54, 1.807) is 0 Å². The van der Waals surface area contributed by atoms with Crippen molar-refractivity contribution in [1.82, 2.24) is 0 Å². The standard InChI is InChI=1S/C28H28N2O3/c1-6-33-23-14-11-21(12-15-23)25-26(29-24-9-7-8-18(3)20(24)5)28(32)30(27(25)31)22-13-10-17(2)19(4)16-22/h7-16,29H,6H2,1-5H3. The second kappa shape index (κ2) is 8.94. The quantitative estimate of drug-likeness (QED) is 0.499. The van der Waals surface area contributed by atoms with Crippen LogP contribution in [-0.4, -0.2) is 18.4 Å². The van der Waals surface area contributed by atoms with Crippen LogP contribution in [0.2, 0.25) is 0 Å². The summed E-state index contributed by atoms with van der Waals surface area (Å²) in [7, 11) is 0. The van der Waals surface area contributed by atoms with Crippen LogP contribution in [0.5, 0.6) is 5.75 Å². The van der Waals surface area contributed by atoms with Crippen molar-refractivity contribution in [2.45, 2.75) is 34.6 Å². The van der Waals surface area contributed by atoms with Crippen molar-refractivity contribution in [3.05, 3.63) is 94.2 Å². The highest BCUT2D eigenvalue weighted by Gasteiger charge is 2.40. The van der Waals surface area contributed by atoms with Crippen LogP contribution in [0.3, 0.4) is 0 Å². The van der Waals surface area contributed by atoms with Gasteiger partial charge in [0, 0.05) is 5.69 Å². The van der Waals surface area contributed by atoms with E-state index in [0.29, 0.717) is 29.2 Å². The average molecular weight is 441 g/mol. The van der Waals surface area contributed by atoms with E-state index in [0.717, 1.165) is 27.9 Å². The van der Waals surface area contributed by atoms with Crippen molar-refractivity contribution < 1.29 is 14.3 Å². The number of amides is 2. The summed E-state index contributed by atoms with van der Waals surface area (Å²) in [6.45, 7) is 10.5. The Kier molecular flexibility index (Phi) is 6.05. The fourth-order valence-electron chi connectivity index (χ4n) is 3.92. The van der Waals surface area contributed by atoms with Gasteiger partial charge in [-0.25, -0.2) is 4.90 Å². The topological polar surface area (TPSA) is 58.6 Å². The number of hydrogen-bond donors (Lipinski definition) is 1. The summed E-state index contributed by atoms with van der Waals surface area (Å²) < 4.78 is 5.54. The molecule has 5 heteroatoms. The molecular weight excluding hydrogens is 412 g/mol. The molecule has 3 aromatic rings. The Balaban J connectivity index is 1.83. The maximum atomic E-state index is 13.7. The van der Waals surface area contributed by atoms with E-state index in [1.165, 1.54) is 4.90 Å². The van der Waals surface area contributed by atoms with Gasteiger partial charge in [0.05, 0.1) is 17.9 Å². The van der Waals surface area contributed by atoms with Gasteiger partial charge >= 0.3 is 0 Å². The number of carbonyl (C=O) groups is 2. The largest absolute Gasteiger partial charge is 0.494 e. The molecule has 0 spiro atoms. The van der Waals surface area contributed by atoms with Crippen LogP contribution < -0.4 is 15.0 Å². The molecule has 5 nitrogen and oxygen atoms in total. The highest BCUT2D eigenvalue weighted by molar-refractivity contribution is 6.46. The molecule has 2 amide bonds. The molecule has 0 bridgehead atoms. The molecule has 168 valence electrons. The number of ether oxygens (including phenoxy) is 1. The maximum absolute atomic E-state index is 13.7. The lowest BCUT2D eigenvalue weighted by molar-refractivity contribution is -0.120. The molecule has 0 atom stereocenters. The maximum Gasteiger partial charge on any atom is 0.282 e. The number of imide groups is 1. The number of aryl methyl sites for hydroxylation is 3. The molecule has 0 aliphatic carbocycles. The van der Waals surface area contributed by atoms with Gasteiger partial charge in [-0.3, -0.25) is 9.59 Å². The van der Waals surface area contributed by atoms with E-state index in [9.17, 15) is 9.59 Å². The van der Waals surface area contributed by atoms with E-state index < -0.39 is 0 Å². The van der Waals surface area contributed by atoms with Gasteiger partial charge in [0.1, 0.15) is 11.4 Å². The minimum absolute atomic E-state index is 0.274. The monoisotopic (exact) mass is 440 g/mol. The van der Waals surface area contributed by atoms with Crippen LogP contribution in [0.25, 0.3) is 5.57 Å². The van der Waals surface area contributed by atoms with Crippen LogP contribution in [-0.2, 0) is 9.59 Å². The van der Waals surface area contributed by atoms with E-state index in [1.807, 2.05) is 95.3 Å². The summed E-state index contributed by atoms with van der Waals surface area (Å²) in [5, 5.41) is 3.28. The van der Waals surface area contributed by atoms with Crippen LogP contribution >= 0.6 is 0 Å². The molecule has 0 unspecified atom stereocenters. The Bertz CT molecular complexity index is 1270. The van der Waals surface area contributed by atoms with Gasteiger partial charge in [0.15, 0.2) is 0 Å². The first kappa shape index (κ1) is 22.3. The van der Waals surface area contributed by atoms with Gasteiger partial charge in [-0.2, -0.15) is 0 Å². The van der Waals surface area contributed by atoms with Crippen LogP contribution in [0.15, 0.2) is 66.4 Å². The van der Waals surface area contributed by atoms with Crippen molar-refractivity contribution in [2.24, 2.45) is 0 Å². The zero-order valence-corrected chi connectivity index (χ0v) is 19.7. The molecule has 0 radical (unpaired) electrons. The second-order valence-corrected chi connectivity index (χ2v) is 8.29. The normalized spacial score (nSPS) is 13.7. The minimum atomic E-state index is -0.368. The lowest BCUT2D eigenvalue weighted by Crippen LogP contribution is -2.32. The number of hydrogen-bond acceptors (Lipinski definition) is 4. The number of carbonyl (C=O) groups excluding carboxylic acids is 2. The van der Waals surface area contributed by atoms with E-state index >= 15 is 0 Å². The first-order valence-electron chi connectivity index (χ1n) is 11.1. The van der Waals surface area contributed by atoms with Gasteiger partial charge in [0.2, 0.25) is 0 Å². The van der Waals surface area contributed by atoms with Gasteiger partial charge in [-0.15, -0.1) is 0 Å². The second-order valence-electron chi connectivity index (χ2n) is 8.29. The Morgan fingerprint density at radius 2 is 1.55 bits per heavy atom. The average Bonchev–Trinajstić information content (AvgIpc) is 3.03. The molecule has 0 aromatic heterocycles. The number of nitrogens with zero attached hydrogens (tertiary/aromatic N) is 1. The smallest absolute Gasteiger partial charge is 0.282 e. The van der Waals surface area contributed by atoms with Crippen molar-refractivity contribution in [2.75, 3.05) is 16.8 Å². The molecule has 1 N–H and O–H groups in total. The molecule has 0 saturated heterocycles. The summed E-state index contributed by atoms with van der Waals surface area (Å²) >= 11 is 0. The fourth-order valence-corrected chi connectivity index (χ4v) is 3.92. The molecule has 1 heterocycles. The lowest BCUT2D eigenvalue weighted by atomic mass is 10.0. The summed E-state index contributed by atoms with van der Waals surface area (Å²) in [6.07, 6.45) is 0. The highest BCUT2D eigenvalue weighted by Crippen LogP contribution is 2.35. The van der Waals surface area contributed by atoms with E-state index in [4.69, 9.17) is 4.74 Å². The Labute approximate surface area is 194 Å². The predicted molar refractivity (Wildman–Crippen MR) is 132 cm³/mol. The summed E-state index contributed by atoms with van der Waals surface area (Å²) in [6, 6.07) is 18.8. The van der Waals surface area contributed by atoms with E-state index in [2.05, 4.69) is 5.32 Å². The van der Waals surface area contributed by atoms with Crippen molar-refractivity contribution in [3.63, 3.8) is 0 Å². The zero-order chi connectivity index (χ0) is 23.7. The molecule has 3 aromatic carbocycles. The minimum Gasteiger partial charge on any atom is -0.494 e. The van der Waals surface area contributed by atoms with Gasteiger partial charge < -0.3 is 10.1 Å². The first-order valence-corrected chi connectivity index (χ1v) is 11.1. The molecule has 0 saturated carbocycles. The van der Waals surface area contributed by atoms with E-state index in [-0.39, 0.29) is 17.5 Å². The number of nitrogens with one attached hydrogen (secondary N) is 1. The molecule has 33 heavy (non-hydrogen) atoms. The first-order chi connectivity index (χ1) is 15.8. The van der Waals surface area contributed by atoms with Gasteiger partial charge in [0.25, 0.3) is 11.8 Å². The summed E-state index contributed by atoms with van der Waals surface area (Å²) in [4.78, 5) is 28.5. The third-order valence-corrected chi connectivity index (χ3v) is 6.15. The third kappa shape index (κ3) is 4.14. The van der Waals surface area contributed by atoms with Crippen LogP contribution in [0, 0.1) is 27.7 Å². The van der Waals surface area contributed by atoms with Crippen molar-refractivity contribution in [3.8, 4) is 5.75 Å². The fraction of sp³-hybridized carbons (Fsp3) is 0.214.